The summed E-state index contributed by atoms with van der Waals surface area (Å²) in [4.78, 5) is 14.4. The van der Waals surface area contributed by atoms with Crippen molar-refractivity contribution in [2.24, 2.45) is 12.5 Å². The highest BCUT2D eigenvalue weighted by atomic mass is 19.4. The fraction of sp³-hybridized carbons (Fsp3) is 0.467. The van der Waals surface area contributed by atoms with E-state index in [9.17, 15) is 49.4 Å². The van der Waals surface area contributed by atoms with E-state index in [1.54, 1.807) is 25.7 Å². The smallest absolute Gasteiger partial charge is 0.481 e. The highest BCUT2D eigenvalue weighted by molar-refractivity contribution is 5.67. The number of carboxylic acids is 1. The molecule has 16 heteroatoms. The average molecular weight is 669 g/mol. The number of ether oxygens (including phenoxy) is 1. The summed E-state index contributed by atoms with van der Waals surface area (Å²) >= 11 is 0. The number of nitrogens with zero attached hydrogens (tertiary/aromatic N) is 4. The van der Waals surface area contributed by atoms with Gasteiger partial charge in [-0.05, 0) is 66.3 Å². The highest BCUT2D eigenvalue weighted by Gasteiger charge is 2.37. The lowest BCUT2D eigenvalue weighted by Gasteiger charge is -2.32. The van der Waals surface area contributed by atoms with Crippen molar-refractivity contribution in [1.82, 2.24) is 9.78 Å². The maximum atomic E-state index is 13.6. The molecule has 0 unspecified atom stereocenters. The number of carboxylic acid groups (broad SMARTS) is 1. The van der Waals surface area contributed by atoms with Gasteiger partial charge in [0.05, 0.1) is 17.5 Å². The lowest BCUT2D eigenvalue weighted by molar-refractivity contribution is -0.274. The van der Waals surface area contributed by atoms with Crippen LogP contribution in [0.2, 0.25) is 0 Å². The molecule has 0 saturated heterocycles. The normalized spacial score (nSPS) is 12.7. The quantitative estimate of drug-likeness (QED) is 0.185. The van der Waals surface area contributed by atoms with Gasteiger partial charge in [0.25, 0.3) is 0 Å². The van der Waals surface area contributed by atoms with Gasteiger partial charge in [0.1, 0.15) is 5.75 Å². The molecule has 1 aromatic heterocycles. The highest BCUT2D eigenvalue weighted by Crippen LogP contribution is 2.38. The van der Waals surface area contributed by atoms with Gasteiger partial charge in [0, 0.05) is 51.2 Å². The first-order valence-electron chi connectivity index (χ1n) is 13.9. The summed E-state index contributed by atoms with van der Waals surface area (Å²) < 4.78 is 126. The summed E-state index contributed by atoms with van der Waals surface area (Å²) in [5.41, 5.74) is -3.42. The van der Waals surface area contributed by atoms with E-state index < -0.39 is 53.5 Å². The second-order valence-corrected chi connectivity index (χ2v) is 11.5. The zero-order valence-corrected chi connectivity index (χ0v) is 25.3. The van der Waals surface area contributed by atoms with Crippen molar-refractivity contribution in [3.05, 3.63) is 70.9 Å². The van der Waals surface area contributed by atoms with E-state index in [-0.39, 0.29) is 42.5 Å². The molecule has 3 aromatic rings. The van der Waals surface area contributed by atoms with E-state index in [0.717, 1.165) is 12.1 Å². The van der Waals surface area contributed by atoms with Crippen molar-refractivity contribution in [2.75, 3.05) is 22.9 Å². The molecule has 1 N–H and O–H groups in total. The van der Waals surface area contributed by atoms with Gasteiger partial charge in [-0.25, -0.2) is 0 Å². The SMILES string of the molecule is CCN(CCC(C)(C)CC(=O)O)c1ccc(OC(F)(F)F)cc1CN(Cc1cc(C(F)(F)F)cc(C(F)(F)F)c1)c1ccn(C)n1. The van der Waals surface area contributed by atoms with Crippen LogP contribution < -0.4 is 14.5 Å². The molecular formula is C30H33F9N4O3. The van der Waals surface area contributed by atoms with Crippen LogP contribution in [0.15, 0.2) is 48.7 Å². The van der Waals surface area contributed by atoms with Crippen LogP contribution in [0, 0.1) is 5.41 Å². The summed E-state index contributed by atoms with van der Waals surface area (Å²) in [6.07, 6.45) is -13.5. The number of hydrogen-bond acceptors (Lipinski definition) is 5. The van der Waals surface area contributed by atoms with Gasteiger partial charge in [-0.1, -0.05) is 13.8 Å². The van der Waals surface area contributed by atoms with Gasteiger partial charge in [0.15, 0.2) is 5.82 Å². The van der Waals surface area contributed by atoms with Gasteiger partial charge in [-0.2, -0.15) is 31.4 Å². The fourth-order valence-corrected chi connectivity index (χ4v) is 4.90. The Labute approximate surface area is 259 Å². The number of aliphatic carboxylic acids is 1. The first-order chi connectivity index (χ1) is 21.1. The summed E-state index contributed by atoms with van der Waals surface area (Å²) in [7, 11) is 1.54. The van der Waals surface area contributed by atoms with E-state index in [4.69, 9.17) is 0 Å². The Morgan fingerprint density at radius 2 is 1.50 bits per heavy atom. The Morgan fingerprint density at radius 1 is 0.891 bits per heavy atom. The molecule has 0 fully saturated rings. The molecule has 1 heterocycles. The number of alkyl halides is 9. The molecule has 254 valence electrons. The van der Waals surface area contributed by atoms with Gasteiger partial charge in [-0.15, -0.1) is 13.2 Å². The van der Waals surface area contributed by atoms with Gasteiger partial charge >= 0.3 is 24.7 Å². The minimum absolute atomic E-state index is 0.00956. The number of rotatable bonds is 13. The number of aromatic nitrogens is 2. The van der Waals surface area contributed by atoms with Crippen molar-refractivity contribution >= 4 is 17.5 Å². The maximum absolute atomic E-state index is 13.6. The summed E-state index contributed by atoms with van der Waals surface area (Å²) in [6.45, 7) is 5.08. The van der Waals surface area contributed by atoms with E-state index >= 15 is 0 Å². The molecule has 0 radical (unpaired) electrons. The van der Waals surface area contributed by atoms with Crippen LogP contribution >= 0.6 is 0 Å². The molecule has 3 rings (SSSR count). The molecular weight excluding hydrogens is 635 g/mol. The Hall–Kier alpha value is -4.11. The summed E-state index contributed by atoms with van der Waals surface area (Å²) in [6, 6.07) is 6.18. The standard InChI is InChI=1S/C30H33F9N4O3/c1-5-42(11-9-27(2,3)16-26(44)45)24-7-6-23(46-30(37,38)39)14-20(24)18-43(25-8-10-41(4)40-25)17-19-12-21(28(31,32)33)15-22(13-19)29(34,35)36/h6-8,10,12-15H,5,9,11,16-18H2,1-4H3,(H,44,45). The van der Waals surface area contributed by atoms with Crippen LogP contribution in [0.1, 0.15) is 55.9 Å². The second-order valence-electron chi connectivity index (χ2n) is 11.5. The number of benzene rings is 2. The molecule has 0 aliphatic heterocycles. The van der Waals surface area contributed by atoms with E-state index in [0.29, 0.717) is 30.8 Å². The zero-order valence-electron chi connectivity index (χ0n) is 25.3. The fourth-order valence-electron chi connectivity index (χ4n) is 4.90. The van der Waals surface area contributed by atoms with Crippen LogP contribution in [0.5, 0.6) is 5.75 Å². The molecule has 0 spiro atoms. The number of aryl methyl sites for hydroxylation is 1. The lowest BCUT2D eigenvalue weighted by atomic mass is 9.85. The van der Waals surface area contributed by atoms with Crippen LogP contribution in [0.3, 0.4) is 0 Å². The van der Waals surface area contributed by atoms with Gasteiger partial charge in [-0.3, -0.25) is 9.48 Å². The monoisotopic (exact) mass is 668 g/mol. The predicted octanol–water partition coefficient (Wildman–Crippen LogP) is 8.28. The molecule has 0 aliphatic rings. The Bertz CT molecular complexity index is 1470. The largest absolute Gasteiger partial charge is 0.573 e. The number of anilines is 2. The third kappa shape index (κ3) is 10.5. The Kier molecular flexibility index (Phi) is 10.8. The van der Waals surface area contributed by atoms with Gasteiger partial charge in [0.2, 0.25) is 0 Å². The molecule has 46 heavy (non-hydrogen) atoms. The third-order valence-electron chi connectivity index (χ3n) is 7.10. The van der Waals surface area contributed by atoms with Crippen molar-refractivity contribution in [3.63, 3.8) is 0 Å². The first kappa shape index (κ1) is 36.4. The molecule has 0 bridgehead atoms. The lowest BCUT2D eigenvalue weighted by Crippen LogP contribution is -2.31. The van der Waals surface area contributed by atoms with E-state index in [1.807, 2.05) is 0 Å². The zero-order chi connectivity index (χ0) is 34.7. The number of carbonyl (C=O) groups is 1. The summed E-state index contributed by atoms with van der Waals surface area (Å²) in [5.74, 6) is -1.46. The number of halogens is 9. The van der Waals surface area contributed by atoms with Crippen LogP contribution in [0.4, 0.5) is 51.0 Å². The minimum Gasteiger partial charge on any atom is -0.481 e. The number of hydrogen-bond donors (Lipinski definition) is 1. The molecule has 0 aliphatic carbocycles. The maximum Gasteiger partial charge on any atom is 0.573 e. The molecule has 0 amide bonds. The second kappa shape index (κ2) is 13.7. The van der Waals surface area contributed by atoms with Crippen LogP contribution in [-0.2, 0) is 37.3 Å². The first-order valence-corrected chi connectivity index (χ1v) is 13.9. The average Bonchev–Trinajstić information content (AvgIpc) is 3.33. The molecule has 7 nitrogen and oxygen atoms in total. The minimum atomic E-state index is -5.09. The summed E-state index contributed by atoms with van der Waals surface area (Å²) in [5, 5.41) is 13.5. The molecule has 0 atom stereocenters. The molecule has 0 saturated carbocycles. The van der Waals surface area contributed by atoms with Crippen LogP contribution in [-0.4, -0.2) is 40.3 Å². The van der Waals surface area contributed by atoms with Crippen molar-refractivity contribution in [1.29, 1.82) is 0 Å². The van der Waals surface area contributed by atoms with Crippen molar-refractivity contribution in [2.45, 2.75) is 65.4 Å². The van der Waals surface area contributed by atoms with E-state index in [2.05, 4.69) is 9.84 Å². The van der Waals surface area contributed by atoms with Crippen molar-refractivity contribution in [3.8, 4) is 5.75 Å². The topological polar surface area (TPSA) is 70.8 Å². The van der Waals surface area contributed by atoms with E-state index in [1.165, 1.54) is 35.0 Å². The Morgan fingerprint density at radius 3 is 1.98 bits per heavy atom. The molecule has 2 aromatic carbocycles. The third-order valence-corrected chi connectivity index (χ3v) is 7.10. The Balaban J connectivity index is 2.11. The van der Waals surface area contributed by atoms with Gasteiger partial charge < -0.3 is 19.6 Å². The predicted molar refractivity (Wildman–Crippen MR) is 151 cm³/mol. The van der Waals surface area contributed by atoms with Crippen LogP contribution in [0.25, 0.3) is 0 Å². The van der Waals surface area contributed by atoms with Crippen molar-refractivity contribution < 1.29 is 54.2 Å².